The van der Waals surface area contributed by atoms with E-state index in [0.29, 0.717) is 16.9 Å². The van der Waals surface area contributed by atoms with E-state index in [-0.39, 0.29) is 0 Å². The maximum absolute atomic E-state index is 9.91. The number of likely N-dealkylation sites (tertiary alicyclic amines) is 1. The van der Waals surface area contributed by atoms with Crippen molar-refractivity contribution in [3.8, 4) is 11.5 Å². The Hall–Kier alpha value is -1.22. The molecule has 2 rings (SSSR count). The summed E-state index contributed by atoms with van der Waals surface area (Å²) in [5, 5.41) is 9.91. The van der Waals surface area contributed by atoms with Gasteiger partial charge in [0.05, 0.1) is 7.11 Å². The normalized spacial score (nSPS) is 19.5. The van der Waals surface area contributed by atoms with Crippen molar-refractivity contribution >= 4 is 0 Å². The van der Waals surface area contributed by atoms with Gasteiger partial charge in [0.1, 0.15) is 11.5 Å². The van der Waals surface area contributed by atoms with Crippen LogP contribution in [0, 0.1) is 5.41 Å². The van der Waals surface area contributed by atoms with E-state index in [1.807, 2.05) is 12.1 Å². The first kappa shape index (κ1) is 12.2. The first-order valence-electron chi connectivity index (χ1n) is 6.08. The molecule has 1 fully saturated rings. The Labute approximate surface area is 103 Å². The Bertz CT molecular complexity index is 401. The smallest absolute Gasteiger partial charge is 0.123 e. The van der Waals surface area contributed by atoms with E-state index < -0.39 is 0 Å². The highest BCUT2D eigenvalue weighted by Crippen LogP contribution is 2.31. The van der Waals surface area contributed by atoms with Crippen molar-refractivity contribution in [2.75, 3.05) is 20.2 Å². The van der Waals surface area contributed by atoms with Crippen LogP contribution in [-0.4, -0.2) is 30.2 Å². The fourth-order valence-corrected chi connectivity index (χ4v) is 2.40. The van der Waals surface area contributed by atoms with E-state index in [1.54, 1.807) is 13.2 Å². The second-order valence-electron chi connectivity index (χ2n) is 5.62. The molecule has 0 saturated carbocycles. The lowest BCUT2D eigenvalue weighted by molar-refractivity contribution is 0.280. The number of aromatic hydroxyl groups is 1. The summed E-state index contributed by atoms with van der Waals surface area (Å²) in [6.45, 7) is 7.61. The van der Waals surface area contributed by atoms with E-state index >= 15 is 0 Å². The standard InChI is InChI=1S/C14H21NO2/c1-14(2)6-7-15(10-14)9-11-4-5-12(17-3)8-13(11)16/h4-5,8,16H,6-7,9-10H2,1-3H3. The number of ether oxygens (including phenoxy) is 1. The Kier molecular flexibility index (Phi) is 3.29. The molecule has 1 aliphatic rings. The Balaban J connectivity index is 2.04. The molecule has 0 aromatic heterocycles. The summed E-state index contributed by atoms with van der Waals surface area (Å²) in [6.07, 6.45) is 1.23. The lowest BCUT2D eigenvalue weighted by atomic mass is 9.93. The Morgan fingerprint density at radius 1 is 1.41 bits per heavy atom. The van der Waals surface area contributed by atoms with Crippen LogP contribution in [0.15, 0.2) is 18.2 Å². The lowest BCUT2D eigenvalue weighted by Crippen LogP contribution is -2.22. The summed E-state index contributed by atoms with van der Waals surface area (Å²) in [5.41, 5.74) is 1.38. The van der Waals surface area contributed by atoms with Crippen LogP contribution in [-0.2, 0) is 6.54 Å². The van der Waals surface area contributed by atoms with Crippen LogP contribution in [0.1, 0.15) is 25.8 Å². The van der Waals surface area contributed by atoms with Gasteiger partial charge < -0.3 is 9.84 Å². The fourth-order valence-electron chi connectivity index (χ4n) is 2.40. The predicted octanol–water partition coefficient (Wildman–Crippen LogP) is 2.63. The molecule has 3 nitrogen and oxygen atoms in total. The molecule has 0 unspecified atom stereocenters. The second-order valence-corrected chi connectivity index (χ2v) is 5.62. The first-order chi connectivity index (χ1) is 8.00. The van der Waals surface area contributed by atoms with Gasteiger partial charge in [-0.3, -0.25) is 4.90 Å². The van der Waals surface area contributed by atoms with Gasteiger partial charge in [-0.1, -0.05) is 19.9 Å². The summed E-state index contributed by atoms with van der Waals surface area (Å²) in [6, 6.07) is 5.52. The lowest BCUT2D eigenvalue weighted by Gasteiger charge is -2.20. The van der Waals surface area contributed by atoms with E-state index in [9.17, 15) is 5.11 Å². The van der Waals surface area contributed by atoms with Gasteiger partial charge >= 0.3 is 0 Å². The number of phenols is 1. The molecule has 0 aliphatic carbocycles. The number of methoxy groups -OCH3 is 1. The summed E-state index contributed by atoms with van der Waals surface area (Å²) < 4.78 is 5.08. The predicted molar refractivity (Wildman–Crippen MR) is 68.3 cm³/mol. The zero-order valence-electron chi connectivity index (χ0n) is 10.9. The monoisotopic (exact) mass is 235 g/mol. The molecule has 1 heterocycles. The van der Waals surface area contributed by atoms with Crippen LogP contribution in [0.2, 0.25) is 0 Å². The van der Waals surface area contributed by atoms with Gasteiger partial charge in [-0.15, -0.1) is 0 Å². The molecule has 0 spiro atoms. The van der Waals surface area contributed by atoms with Crippen LogP contribution in [0.5, 0.6) is 11.5 Å². The van der Waals surface area contributed by atoms with Crippen LogP contribution < -0.4 is 4.74 Å². The largest absolute Gasteiger partial charge is 0.507 e. The quantitative estimate of drug-likeness (QED) is 0.874. The number of hydrogen-bond donors (Lipinski definition) is 1. The van der Waals surface area contributed by atoms with Crippen molar-refractivity contribution in [1.29, 1.82) is 0 Å². The SMILES string of the molecule is COc1ccc(CN2CCC(C)(C)C2)c(O)c1. The van der Waals surface area contributed by atoms with E-state index in [0.717, 1.165) is 25.2 Å². The van der Waals surface area contributed by atoms with Gasteiger partial charge in [-0.25, -0.2) is 0 Å². The summed E-state index contributed by atoms with van der Waals surface area (Å²) >= 11 is 0. The highest BCUT2D eigenvalue weighted by molar-refractivity contribution is 5.39. The van der Waals surface area contributed by atoms with E-state index in [2.05, 4.69) is 18.7 Å². The van der Waals surface area contributed by atoms with Crippen molar-refractivity contribution in [3.63, 3.8) is 0 Å². The molecule has 1 aromatic carbocycles. The number of hydrogen-bond acceptors (Lipinski definition) is 3. The van der Waals surface area contributed by atoms with Gasteiger partial charge in [-0.2, -0.15) is 0 Å². The molecule has 3 heteroatoms. The molecule has 1 aromatic rings. The van der Waals surface area contributed by atoms with Crippen molar-refractivity contribution in [3.05, 3.63) is 23.8 Å². The van der Waals surface area contributed by atoms with Gasteiger partial charge in [-0.05, 0) is 24.4 Å². The second kappa shape index (κ2) is 4.57. The molecule has 0 amide bonds. The molecule has 0 bridgehead atoms. The van der Waals surface area contributed by atoms with Gasteiger partial charge in [0.2, 0.25) is 0 Å². The molecule has 0 atom stereocenters. The van der Waals surface area contributed by atoms with Gasteiger partial charge in [0, 0.05) is 24.7 Å². The third-order valence-electron chi connectivity index (χ3n) is 3.44. The molecular weight excluding hydrogens is 214 g/mol. The van der Waals surface area contributed by atoms with Crippen LogP contribution in [0.4, 0.5) is 0 Å². The maximum atomic E-state index is 9.91. The molecule has 94 valence electrons. The van der Waals surface area contributed by atoms with Crippen molar-refractivity contribution < 1.29 is 9.84 Å². The molecule has 1 saturated heterocycles. The Morgan fingerprint density at radius 2 is 2.18 bits per heavy atom. The first-order valence-corrected chi connectivity index (χ1v) is 6.08. The third-order valence-corrected chi connectivity index (χ3v) is 3.44. The third kappa shape index (κ3) is 2.91. The van der Waals surface area contributed by atoms with Gasteiger partial charge in [0.25, 0.3) is 0 Å². The minimum atomic E-state index is 0.328. The zero-order chi connectivity index (χ0) is 12.5. The van der Waals surface area contributed by atoms with Crippen LogP contribution in [0.25, 0.3) is 0 Å². The Morgan fingerprint density at radius 3 is 2.71 bits per heavy atom. The molecule has 17 heavy (non-hydrogen) atoms. The van der Waals surface area contributed by atoms with E-state index in [1.165, 1.54) is 6.42 Å². The average Bonchev–Trinajstić information content (AvgIpc) is 2.61. The van der Waals surface area contributed by atoms with Crippen molar-refractivity contribution in [2.45, 2.75) is 26.8 Å². The highest BCUT2D eigenvalue weighted by Gasteiger charge is 2.29. The van der Waals surface area contributed by atoms with Crippen LogP contribution >= 0.6 is 0 Å². The van der Waals surface area contributed by atoms with Crippen molar-refractivity contribution in [2.24, 2.45) is 5.41 Å². The topological polar surface area (TPSA) is 32.7 Å². The van der Waals surface area contributed by atoms with Crippen molar-refractivity contribution in [1.82, 2.24) is 4.90 Å². The number of nitrogens with zero attached hydrogens (tertiary/aromatic N) is 1. The zero-order valence-corrected chi connectivity index (χ0v) is 10.9. The minimum Gasteiger partial charge on any atom is -0.507 e. The average molecular weight is 235 g/mol. The molecule has 1 aliphatic heterocycles. The molecule has 0 radical (unpaired) electrons. The number of benzene rings is 1. The number of phenolic OH excluding ortho intramolecular Hbond substituents is 1. The molecular formula is C14H21NO2. The summed E-state index contributed by atoms with van der Waals surface area (Å²) in [4.78, 5) is 2.39. The summed E-state index contributed by atoms with van der Waals surface area (Å²) in [5.74, 6) is 1.03. The molecule has 1 N–H and O–H groups in total. The maximum Gasteiger partial charge on any atom is 0.123 e. The summed E-state index contributed by atoms with van der Waals surface area (Å²) in [7, 11) is 1.61. The highest BCUT2D eigenvalue weighted by atomic mass is 16.5. The van der Waals surface area contributed by atoms with Crippen LogP contribution in [0.3, 0.4) is 0 Å². The number of rotatable bonds is 3. The fraction of sp³-hybridized carbons (Fsp3) is 0.571. The van der Waals surface area contributed by atoms with E-state index in [4.69, 9.17) is 4.74 Å². The van der Waals surface area contributed by atoms with Gasteiger partial charge in [0.15, 0.2) is 0 Å². The minimum absolute atomic E-state index is 0.328.